The molecule has 3 rings (SSSR count). The van der Waals surface area contributed by atoms with Crippen molar-refractivity contribution in [1.82, 2.24) is 9.80 Å². The molecule has 0 unspecified atom stereocenters. The van der Waals surface area contributed by atoms with Crippen LogP contribution in [0.5, 0.6) is 5.75 Å². The van der Waals surface area contributed by atoms with E-state index in [-0.39, 0.29) is 11.3 Å². The molecule has 2 heterocycles. The van der Waals surface area contributed by atoms with E-state index >= 15 is 0 Å². The van der Waals surface area contributed by atoms with Crippen LogP contribution in [-0.4, -0.2) is 60.4 Å². The molecule has 30 heavy (non-hydrogen) atoms. The van der Waals surface area contributed by atoms with Crippen molar-refractivity contribution in [2.24, 2.45) is 0 Å². The highest BCUT2D eigenvalue weighted by Crippen LogP contribution is 2.41. The third-order valence-corrected chi connectivity index (χ3v) is 6.08. The van der Waals surface area contributed by atoms with Gasteiger partial charge in [-0.05, 0) is 63.6 Å². The summed E-state index contributed by atoms with van der Waals surface area (Å²) >= 11 is 7.71. The van der Waals surface area contributed by atoms with Gasteiger partial charge in [0.2, 0.25) is 0 Å². The van der Waals surface area contributed by atoms with E-state index in [1.807, 2.05) is 43.4 Å². The fourth-order valence-corrected chi connectivity index (χ4v) is 4.57. The number of rotatable bonds is 8. The predicted octanol–water partition coefficient (Wildman–Crippen LogP) is 4.17. The number of hydrogen-bond acceptors (Lipinski definition) is 6. The quantitative estimate of drug-likeness (QED) is 0.373. The molecule has 8 heteroatoms. The summed E-state index contributed by atoms with van der Waals surface area (Å²) in [6, 6.07) is 7.96. The fraction of sp³-hybridized carbons (Fsp3) is 0.364. The monoisotopic (exact) mass is 448 g/mol. The van der Waals surface area contributed by atoms with Crippen LogP contribution in [0.3, 0.4) is 0 Å². The average molecular weight is 449 g/mol. The maximum atomic E-state index is 12.9. The van der Waals surface area contributed by atoms with Crippen LogP contribution >= 0.6 is 22.9 Å². The molecule has 6 nitrogen and oxygen atoms in total. The molecule has 0 aliphatic carbocycles. The molecule has 1 N–H and O–H groups in total. The molecular formula is C22H25ClN2O4S. The summed E-state index contributed by atoms with van der Waals surface area (Å²) in [6.45, 7) is 3.52. The number of Topliss-reactive ketones (excluding diaryl/α,β-unsaturated/α-hetero) is 1. The smallest absolute Gasteiger partial charge is 0.295 e. The van der Waals surface area contributed by atoms with Crippen LogP contribution in [0.1, 0.15) is 29.8 Å². The molecule has 1 aromatic heterocycles. The minimum atomic E-state index is -0.680. The van der Waals surface area contributed by atoms with E-state index in [9.17, 15) is 14.7 Å². The number of amides is 1. The predicted molar refractivity (Wildman–Crippen MR) is 119 cm³/mol. The first-order valence-corrected chi connectivity index (χ1v) is 11.0. The third kappa shape index (κ3) is 4.53. The van der Waals surface area contributed by atoms with E-state index < -0.39 is 17.7 Å². The number of aliphatic hydroxyl groups excluding tert-OH is 1. The van der Waals surface area contributed by atoms with Crippen molar-refractivity contribution >= 4 is 40.4 Å². The van der Waals surface area contributed by atoms with Crippen molar-refractivity contribution in [1.29, 1.82) is 0 Å². The molecule has 1 saturated heterocycles. The highest BCUT2D eigenvalue weighted by Gasteiger charge is 2.46. The molecule has 2 aromatic rings. The Bertz CT molecular complexity index is 956. The first kappa shape index (κ1) is 22.3. The summed E-state index contributed by atoms with van der Waals surface area (Å²) in [5, 5.41) is 13.3. The first-order valence-electron chi connectivity index (χ1n) is 9.74. The van der Waals surface area contributed by atoms with Crippen molar-refractivity contribution in [3.8, 4) is 5.75 Å². The van der Waals surface area contributed by atoms with Crippen molar-refractivity contribution in [3.05, 3.63) is 56.7 Å². The van der Waals surface area contributed by atoms with Crippen molar-refractivity contribution in [3.63, 3.8) is 0 Å². The van der Waals surface area contributed by atoms with E-state index in [1.165, 1.54) is 11.3 Å². The van der Waals surface area contributed by atoms with Crippen LogP contribution in [0, 0.1) is 0 Å². The van der Waals surface area contributed by atoms with Crippen LogP contribution < -0.4 is 4.74 Å². The summed E-state index contributed by atoms with van der Waals surface area (Å²) in [4.78, 5) is 30.1. The molecule has 0 spiro atoms. The zero-order valence-electron chi connectivity index (χ0n) is 17.2. The number of carbonyl (C=O) groups excluding carboxylic acids is 2. The second-order valence-electron chi connectivity index (χ2n) is 7.24. The summed E-state index contributed by atoms with van der Waals surface area (Å²) < 4.78 is 5.43. The molecule has 1 aromatic carbocycles. The van der Waals surface area contributed by atoms with Gasteiger partial charge in [-0.15, -0.1) is 11.3 Å². The number of nitrogens with zero attached hydrogens (tertiary/aromatic N) is 2. The summed E-state index contributed by atoms with van der Waals surface area (Å²) in [5.74, 6) is -1.01. The lowest BCUT2D eigenvalue weighted by molar-refractivity contribution is -0.139. The average Bonchev–Trinajstić information content (AvgIpc) is 3.31. The van der Waals surface area contributed by atoms with Gasteiger partial charge in [0.15, 0.2) is 0 Å². The minimum absolute atomic E-state index is 0.0903. The van der Waals surface area contributed by atoms with Gasteiger partial charge in [-0.1, -0.05) is 17.7 Å². The number of likely N-dealkylation sites (tertiary alicyclic amines) is 1. The number of ketones is 1. The minimum Gasteiger partial charge on any atom is -0.507 e. The molecule has 1 fully saturated rings. The number of halogens is 1. The van der Waals surface area contributed by atoms with E-state index in [0.717, 1.165) is 17.8 Å². The van der Waals surface area contributed by atoms with Gasteiger partial charge in [0.25, 0.3) is 11.7 Å². The number of ether oxygens (including phenoxy) is 1. The van der Waals surface area contributed by atoms with E-state index in [0.29, 0.717) is 29.5 Å². The number of thiophene rings is 1. The highest BCUT2D eigenvalue weighted by molar-refractivity contribution is 7.10. The van der Waals surface area contributed by atoms with Gasteiger partial charge in [0, 0.05) is 17.0 Å². The lowest BCUT2D eigenvalue weighted by Gasteiger charge is -2.24. The largest absolute Gasteiger partial charge is 0.507 e. The lowest BCUT2D eigenvalue weighted by atomic mass is 9.99. The Balaban J connectivity index is 2.03. The zero-order chi connectivity index (χ0) is 21.8. The Hall–Kier alpha value is -2.35. The molecule has 0 saturated carbocycles. The fourth-order valence-electron chi connectivity index (χ4n) is 3.49. The number of aliphatic hydroxyl groups is 1. The van der Waals surface area contributed by atoms with Crippen LogP contribution in [0.15, 0.2) is 41.3 Å². The standard InChI is InChI=1S/C22H25ClN2O4S/c1-4-29-16-9-8-14(13-15(16)23)20(26)18-19(17-7-5-12-30-17)25(22(28)21(18)27)11-6-10-24(2)3/h5,7-9,12-13,19,26H,4,6,10-11H2,1-3H3/t19-/m0/s1. The summed E-state index contributed by atoms with van der Waals surface area (Å²) in [6.07, 6.45) is 0.719. The van der Waals surface area contributed by atoms with Crippen molar-refractivity contribution in [2.75, 3.05) is 33.8 Å². The van der Waals surface area contributed by atoms with Gasteiger partial charge in [0.05, 0.1) is 23.2 Å². The van der Waals surface area contributed by atoms with Crippen LogP contribution in [0.2, 0.25) is 5.02 Å². The first-order chi connectivity index (χ1) is 14.3. The van der Waals surface area contributed by atoms with E-state index in [1.54, 1.807) is 23.1 Å². The van der Waals surface area contributed by atoms with Gasteiger partial charge in [0.1, 0.15) is 11.5 Å². The molecule has 1 aliphatic heterocycles. The number of carbonyl (C=O) groups is 2. The molecule has 1 aliphatic rings. The highest BCUT2D eigenvalue weighted by atomic mass is 35.5. The van der Waals surface area contributed by atoms with Crippen molar-refractivity contribution in [2.45, 2.75) is 19.4 Å². The van der Waals surface area contributed by atoms with Gasteiger partial charge < -0.3 is 19.6 Å². The summed E-state index contributed by atoms with van der Waals surface area (Å²) in [5.41, 5.74) is 0.462. The SMILES string of the molecule is CCOc1ccc(C(O)=C2C(=O)C(=O)N(CCCN(C)C)[C@H]2c2cccs2)cc1Cl. The maximum Gasteiger partial charge on any atom is 0.295 e. The van der Waals surface area contributed by atoms with Crippen LogP contribution in [0.25, 0.3) is 5.76 Å². The second-order valence-corrected chi connectivity index (χ2v) is 8.63. The number of benzene rings is 1. The maximum absolute atomic E-state index is 12.9. The molecule has 160 valence electrons. The second kappa shape index (κ2) is 9.64. The summed E-state index contributed by atoms with van der Waals surface area (Å²) in [7, 11) is 3.92. The normalized spacial score (nSPS) is 18.4. The Kier molecular flexibility index (Phi) is 7.18. The van der Waals surface area contributed by atoms with Gasteiger partial charge in [-0.3, -0.25) is 9.59 Å². The Labute approximate surface area is 185 Å². The molecule has 1 atom stereocenters. The van der Waals surface area contributed by atoms with E-state index in [4.69, 9.17) is 16.3 Å². The number of hydrogen-bond donors (Lipinski definition) is 1. The molecule has 0 bridgehead atoms. The Morgan fingerprint density at radius 3 is 2.67 bits per heavy atom. The van der Waals surface area contributed by atoms with E-state index in [2.05, 4.69) is 0 Å². The topological polar surface area (TPSA) is 70.1 Å². The van der Waals surface area contributed by atoms with Crippen LogP contribution in [0.4, 0.5) is 0 Å². The Morgan fingerprint density at radius 1 is 1.30 bits per heavy atom. The molecule has 0 radical (unpaired) electrons. The zero-order valence-corrected chi connectivity index (χ0v) is 18.8. The third-order valence-electron chi connectivity index (χ3n) is 4.86. The van der Waals surface area contributed by atoms with Gasteiger partial charge >= 0.3 is 0 Å². The molecule has 1 amide bonds. The van der Waals surface area contributed by atoms with Crippen LogP contribution in [-0.2, 0) is 9.59 Å². The van der Waals surface area contributed by atoms with Crippen molar-refractivity contribution < 1.29 is 19.4 Å². The lowest BCUT2D eigenvalue weighted by Crippen LogP contribution is -2.32. The Morgan fingerprint density at radius 2 is 2.07 bits per heavy atom. The molecular weight excluding hydrogens is 424 g/mol. The van der Waals surface area contributed by atoms with Gasteiger partial charge in [-0.25, -0.2) is 0 Å². The van der Waals surface area contributed by atoms with Gasteiger partial charge in [-0.2, -0.15) is 0 Å².